The molecule has 0 saturated carbocycles. The van der Waals surface area contributed by atoms with Crippen molar-refractivity contribution < 1.29 is 41.9 Å². The van der Waals surface area contributed by atoms with E-state index in [2.05, 4.69) is 20.4 Å². The number of aliphatic carboxylic acids is 1. The third-order valence-corrected chi connectivity index (χ3v) is 6.26. The number of esters is 2. The van der Waals surface area contributed by atoms with Crippen LogP contribution in [0.2, 0.25) is 0 Å². The molecule has 0 saturated heterocycles. The van der Waals surface area contributed by atoms with Crippen molar-refractivity contribution in [3.63, 3.8) is 0 Å². The molecule has 34 heavy (non-hydrogen) atoms. The summed E-state index contributed by atoms with van der Waals surface area (Å²) in [6.45, 7) is 11.3. The molecule has 3 atom stereocenters. The van der Waals surface area contributed by atoms with Crippen LogP contribution in [0.5, 0.6) is 0 Å². The molecule has 196 valence electrons. The molecule has 0 aromatic rings. The van der Waals surface area contributed by atoms with Gasteiger partial charge in [0.1, 0.15) is 0 Å². The summed E-state index contributed by atoms with van der Waals surface area (Å²) in [7, 11) is -4.76. The molecule has 0 amide bonds. The van der Waals surface area contributed by atoms with Gasteiger partial charge in [-0.1, -0.05) is 72.8 Å². The molecule has 9 nitrogen and oxygen atoms in total. The topological polar surface area (TPSA) is 144 Å². The molecular formula is C23H43NaO9S. The molecule has 3 unspecified atom stereocenters. The average molecular weight is 519 g/mol. The molecule has 0 radical (unpaired) electrons. The van der Waals surface area contributed by atoms with Gasteiger partial charge in [-0.25, -0.2) is 4.79 Å². The SMILES string of the molecule is C=CC(=O)O.CCCCC(CC)COC(=O)CC(C(=O)OCC(CC)CCCC)S(=O)(=O)O.[NaH]. The van der Waals surface area contributed by atoms with Crippen molar-refractivity contribution in [1.82, 2.24) is 0 Å². The summed E-state index contributed by atoms with van der Waals surface area (Å²) < 4.78 is 42.8. The third kappa shape index (κ3) is 20.4. The predicted octanol–water partition coefficient (Wildman–Crippen LogP) is 3.76. The van der Waals surface area contributed by atoms with Gasteiger partial charge in [-0.2, -0.15) is 8.42 Å². The van der Waals surface area contributed by atoms with Gasteiger partial charge in [0.05, 0.1) is 19.6 Å². The number of carbonyl (C=O) groups excluding carboxylic acids is 2. The van der Waals surface area contributed by atoms with E-state index >= 15 is 0 Å². The molecule has 0 bridgehead atoms. The fourth-order valence-electron chi connectivity index (χ4n) is 2.82. The minimum absolute atomic E-state index is 0. The van der Waals surface area contributed by atoms with Gasteiger partial charge in [-0.15, -0.1) is 0 Å². The van der Waals surface area contributed by atoms with Crippen LogP contribution in [-0.2, 0) is 34.0 Å². The van der Waals surface area contributed by atoms with Gasteiger partial charge in [0.2, 0.25) is 0 Å². The number of ether oxygens (including phenoxy) is 2. The van der Waals surface area contributed by atoms with E-state index in [1.165, 1.54) is 0 Å². The zero-order valence-electron chi connectivity index (χ0n) is 20.5. The van der Waals surface area contributed by atoms with E-state index in [1.54, 1.807) is 0 Å². The number of carboxylic acid groups (broad SMARTS) is 1. The molecule has 0 aliphatic heterocycles. The zero-order valence-corrected chi connectivity index (χ0v) is 21.3. The minimum atomic E-state index is -4.76. The predicted molar refractivity (Wildman–Crippen MR) is 133 cm³/mol. The van der Waals surface area contributed by atoms with Gasteiger partial charge >= 0.3 is 47.5 Å². The fraction of sp³-hybridized carbons (Fsp3) is 0.783. The van der Waals surface area contributed by atoms with Crippen molar-refractivity contribution in [2.24, 2.45) is 11.8 Å². The number of hydrogen-bond acceptors (Lipinski definition) is 7. The summed E-state index contributed by atoms with van der Waals surface area (Å²) >= 11 is 0. The molecule has 2 N–H and O–H groups in total. The maximum atomic E-state index is 12.2. The van der Waals surface area contributed by atoms with Gasteiger partial charge < -0.3 is 14.6 Å². The van der Waals surface area contributed by atoms with E-state index in [-0.39, 0.29) is 54.6 Å². The van der Waals surface area contributed by atoms with Crippen molar-refractivity contribution in [3.05, 3.63) is 12.7 Å². The molecule has 11 heteroatoms. The second kappa shape index (κ2) is 22.5. The summed E-state index contributed by atoms with van der Waals surface area (Å²) in [5.74, 6) is -2.59. The number of carbonyl (C=O) groups is 3. The molecule has 0 rings (SSSR count). The van der Waals surface area contributed by atoms with E-state index < -0.39 is 39.7 Å². The number of carboxylic acids is 1. The van der Waals surface area contributed by atoms with Crippen molar-refractivity contribution in [3.8, 4) is 0 Å². The Balaban J connectivity index is -0.00000144. The van der Waals surface area contributed by atoms with E-state index in [1.807, 2.05) is 13.8 Å². The van der Waals surface area contributed by atoms with E-state index in [0.29, 0.717) is 0 Å². The number of unbranched alkanes of at least 4 members (excludes halogenated alkanes) is 2. The van der Waals surface area contributed by atoms with Crippen LogP contribution in [0.1, 0.15) is 85.5 Å². The summed E-state index contributed by atoms with van der Waals surface area (Å²) in [5, 5.41) is 5.66. The first-order valence-electron chi connectivity index (χ1n) is 11.6. The average Bonchev–Trinajstić information content (AvgIpc) is 2.77. The maximum absolute atomic E-state index is 12.2. The Hall–Kier alpha value is -0.940. The second-order valence-electron chi connectivity index (χ2n) is 7.90. The van der Waals surface area contributed by atoms with Gasteiger partial charge in [0.15, 0.2) is 5.25 Å². The first-order valence-corrected chi connectivity index (χ1v) is 13.1. The Bertz CT molecular complexity index is 680. The van der Waals surface area contributed by atoms with Gasteiger partial charge in [-0.3, -0.25) is 14.1 Å². The first-order chi connectivity index (χ1) is 15.5. The quantitative estimate of drug-likeness (QED) is 0.127. The van der Waals surface area contributed by atoms with Gasteiger partial charge in [0, 0.05) is 6.08 Å². The van der Waals surface area contributed by atoms with E-state index in [9.17, 15) is 27.4 Å². The number of rotatable bonds is 17. The molecule has 0 aliphatic carbocycles. The number of hydrogen-bond donors (Lipinski definition) is 2. The van der Waals surface area contributed by atoms with Crippen LogP contribution < -0.4 is 0 Å². The Morgan fingerprint density at radius 2 is 1.32 bits per heavy atom. The standard InChI is InChI=1S/C20H38O7S.C3H4O2.Na.H/c1-5-9-11-16(7-3)14-26-19(21)13-18(28(23,24)25)20(22)27-15-17(8-4)12-10-6-2;1-2-3(4)5;;/h16-18H,5-15H2,1-4H3,(H,23,24,25);2H,1H2,(H,4,5);;. The molecule has 0 heterocycles. The Morgan fingerprint density at radius 1 is 0.912 bits per heavy atom. The monoisotopic (exact) mass is 518 g/mol. The van der Waals surface area contributed by atoms with Crippen molar-refractivity contribution in [2.45, 2.75) is 90.7 Å². The van der Waals surface area contributed by atoms with E-state index in [0.717, 1.165) is 57.4 Å². The van der Waals surface area contributed by atoms with Gasteiger partial charge in [-0.05, 0) is 24.7 Å². The van der Waals surface area contributed by atoms with Crippen molar-refractivity contribution >= 4 is 57.6 Å². The first kappa shape index (κ1) is 37.6. The molecule has 0 fully saturated rings. The molecule has 0 spiro atoms. The Kier molecular flexibility index (Phi) is 24.9. The Labute approximate surface area is 227 Å². The molecular weight excluding hydrogens is 475 g/mol. The van der Waals surface area contributed by atoms with Crippen LogP contribution in [0.25, 0.3) is 0 Å². The van der Waals surface area contributed by atoms with Crippen molar-refractivity contribution in [1.29, 1.82) is 0 Å². The van der Waals surface area contributed by atoms with Crippen LogP contribution in [0, 0.1) is 11.8 Å². The Morgan fingerprint density at radius 3 is 1.65 bits per heavy atom. The van der Waals surface area contributed by atoms with Crippen LogP contribution in [0.3, 0.4) is 0 Å². The van der Waals surface area contributed by atoms with Crippen molar-refractivity contribution in [2.75, 3.05) is 13.2 Å². The van der Waals surface area contributed by atoms with Gasteiger partial charge in [0.25, 0.3) is 10.1 Å². The van der Waals surface area contributed by atoms with E-state index in [4.69, 9.17) is 14.6 Å². The third-order valence-electron chi connectivity index (χ3n) is 5.18. The van der Waals surface area contributed by atoms with Crippen LogP contribution in [0.4, 0.5) is 0 Å². The van der Waals surface area contributed by atoms with Crippen LogP contribution in [-0.4, -0.2) is 84.0 Å². The summed E-state index contributed by atoms with van der Waals surface area (Å²) in [6.07, 6.45) is 7.57. The molecule has 0 aromatic heterocycles. The second-order valence-corrected chi connectivity index (χ2v) is 9.50. The van der Waals surface area contributed by atoms with Crippen LogP contribution in [0.15, 0.2) is 12.7 Å². The zero-order chi connectivity index (χ0) is 25.9. The summed E-state index contributed by atoms with van der Waals surface area (Å²) in [6, 6.07) is 0. The fourth-order valence-corrected chi connectivity index (χ4v) is 3.48. The molecule has 0 aromatic carbocycles. The summed E-state index contributed by atoms with van der Waals surface area (Å²) in [5.41, 5.74) is 0. The summed E-state index contributed by atoms with van der Waals surface area (Å²) in [4.78, 5) is 33.5. The normalized spacial score (nSPS) is 13.2. The molecule has 0 aliphatic rings. The van der Waals surface area contributed by atoms with Crippen LogP contribution >= 0.6 is 0 Å².